The topological polar surface area (TPSA) is 65.5 Å². The van der Waals surface area contributed by atoms with E-state index in [2.05, 4.69) is 20.9 Å². The number of nitrogens with zero attached hydrogens (tertiary/aromatic N) is 1. The maximum Gasteiger partial charge on any atom is 0.251 e. The first kappa shape index (κ1) is 20.4. The molecule has 0 aliphatic rings. The van der Waals surface area contributed by atoms with Gasteiger partial charge in [0.1, 0.15) is 11.6 Å². The van der Waals surface area contributed by atoms with Crippen LogP contribution in [0.15, 0.2) is 47.5 Å². The summed E-state index contributed by atoms with van der Waals surface area (Å²) in [6.07, 6.45) is 0. The number of nitrogens with one attached hydrogen (secondary N) is 3. The summed E-state index contributed by atoms with van der Waals surface area (Å²) in [6.45, 7) is 5.18. The van der Waals surface area contributed by atoms with Crippen LogP contribution in [0, 0.1) is 18.6 Å². The molecule has 0 saturated carbocycles. The van der Waals surface area contributed by atoms with Gasteiger partial charge < -0.3 is 16.0 Å². The second kappa shape index (κ2) is 10.3. The van der Waals surface area contributed by atoms with E-state index in [1.807, 2.05) is 6.92 Å². The molecule has 0 aromatic heterocycles. The summed E-state index contributed by atoms with van der Waals surface area (Å²) in [5.41, 5.74) is 1.28. The number of halogens is 2. The van der Waals surface area contributed by atoms with Crippen molar-refractivity contribution in [3.63, 3.8) is 0 Å². The van der Waals surface area contributed by atoms with Crippen LogP contribution in [0.4, 0.5) is 8.78 Å². The van der Waals surface area contributed by atoms with Crippen molar-refractivity contribution in [3.8, 4) is 0 Å². The predicted molar refractivity (Wildman–Crippen MR) is 103 cm³/mol. The van der Waals surface area contributed by atoms with Crippen LogP contribution < -0.4 is 16.0 Å². The van der Waals surface area contributed by atoms with Gasteiger partial charge in [-0.05, 0) is 37.6 Å². The van der Waals surface area contributed by atoms with Crippen molar-refractivity contribution >= 4 is 11.9 Å². The largest absolute Gasteiger partial charge is 0.357 e. The van der Waals surface area contributed by atoms with Crippen molar-refractivity contribution in [2.45, 2.75) is 20.4 Å². The van der Waals surface area contributed by atoms with Gasteiger partial charge in [-0.3, -0.25) is 4.79 Å². The van der Waals surface area contributed by atoms with E-state index in [1.165, 1.54) is 12.1 Å². The summed E-state index contributed by atoms with van der Waals surface area (Å²) in [6, 6.07) is 10.9. The highest BCUT2D eigenvalue weighted by Gasteiger charge is 2.07. The summed E-state index contributed by atoms with van der Waals surface area (Å²) >= 11 is 0. The minimum atomic E-state index is -0.407. The number of guanidine groups is 1. The van der Waals surface area contributed by atoms with Crippen molar-refractivity contribution in [2.24, 2.45) is 4.99 Å². The van der Waals surface area contributed by atoms with Gasteiger partial charge in [0.05, 0.1) is 6.54 Å². The molecule has 2 aromatic carbocycles. The van der Waals surface area contributed by atoms with Crippen LogP contribution in [0.3, 0.4) is 0 Å². The number of carbonyl (C=O) groups is 1. The molecule has 0 saturated heterocycles. The predicted octanol–water partition coefficient (Wildman–Crippen LogP) is 2.76. The standard InChI is InChI=1S/C20H24F2N4O/c1-3-23-20(26-13-16-6-4-5-7-17(16)21)25-11-10-24-19(27)15-9-8-14(2)18(22)12-15/h4-9,12H,3,10-11,13H2,1-2H3,(H,24,27)(H2,23,25,26). The normalized spacial score (nSPS) is 11.2. The molecule has 3 N–H and O–H groups in total. The molecule has 0 bridgehead atoms. The fraction of sp³-hybridized carbons (Fsp3) is 0.300. The minimum Gasteiger partial charge on any atom is -0.357 e. The Bertz CT molecular complexity index is 808. The van der Waals surface area contributed by atoms with Crippen LogP contribution in [0.2, 0.25) is 0 Å². The molecule has 0 spiro atoms. The van der Waals surface area contributed by atoms with E-state index in [1.54, 1.807) is 37.3 Å². The van der Waals surface area contributed by atoms with Crippen molar-refractivity contribution in [3.05, 3.63) is 70.8 Å². The Morgan fingerprint density at radius 1 is 1.00 bits per heavy atom. The number of benzene rings is 2. The molecule has 5 nitrogen and oxygen atoms in total. The van der Waals surface area contributed by atoms with Crippen molar-refractivity contribution in [2.75, 3.05) is 19.6 Å². The fourth-order valence-electron chi connectivity index (χ4n) is 2.33. The number of hydrogen-bond donors (Lipinski definition) is 3. The second-order valence-electron chi connectivity index (χ2n) is 5.93. The monoisotopic (exact) mass is 374 g/mol. The maximum absolute atomic E-state index is 13.7. The Balaban J connectivity index is 1.83. The van der Waals surface area contributed by atoms with Crippen LogP contribution in [0.1, 0.15) is 28.4 Å². The molecule has 0 radical (unpaired) electrons. The molecule has 0 atom stereocenters. The van der Waals surface area contributed by atoms with Crippen molar-refractivity contribution < 1.29 is 13.6 Å². The van der Waals surface area contributed by atoms with Gasteiger partial charge in [0.2, 0.25) is 0 Å². The van der Waals surface area contributed by atoms with Gasteiger partial charge in [-0.1, -0.05) is 24.3 Å². The Labute approximate surface area is 157 Å². The van der Waals surface area contributed by atoms with Crippen LogP contribution in [-0.4, -0.2) is 31.5 Å². The maximum atomic E-state index is 13.7. The van der Waals surface area contributed by atoms with E-state index in [9.17, 15) is 13.6 Å². The lowest BCUT2D eigenvalue weighted by molar-refractivity contribution is 0.0954. The van der Waals surface area contributed by atoms with E-state index in [4.69, 9.17) is 0 Å². The van der Waals surface area contributed by atoms with Crippen molar-refractivity contribution in [1.29, 1.82) is 0 Å². The molecule has 2 rings (SSSR count). The highest BCUT2D eigenvalue weighted by molar-refractivity contribution is 5.94. The van der Waals surface area contributed by atoms with Gasteiger partial charge >= 0.3 is 0 Å². The summed E-state index contributed by atoms with van der Waals surface area (Å²) < 4.78 is 27.2. The third-order valence-corrected chi connectivity index (χ3v) is 3.85. The fourth-order valence-corrected chi connectivity index (χ4v) is 2.33. The first-order valence-electron chi connectivity index (χ1n) is 8.81. The molecular weight excluding hydrogens is 350 g/mol. The average molecular weight is 374 g/mol. The summed E-state index contributed by atoms with van der Waals surface area (Å²) in [5, 5.41) is 8.84. The van der Waals surface area contributed by atoms with E-state index in [-0.39, 0.29) is 23.8 Å². The SMILES string of the molecule is CCNC(=NCc1ccccc1F)NCCNC(=O)c1ccc(C)c(F)c1. The lowest BCUT2D eigenvalue weighted by Crippen LogP contribution is -2.41. The molecule has 1 amide bonds. The summed E-state index contributed by atoms with van der Waals surface area (Å²) in [5.74, 6) is -0.523. The van der Waals surface area contributed by atoms with Gasteiger partial charge in [0.25, 0.3) is 5.91 Å². The molecular formula is C20H24F2N4O. The van der Waals surface area contributed by atoms with E-state index < -0.39 is 5.82 Å². The lowest BCUT2D eigenvalue weighted by Gasteiger charge is -2.12. The van der Waals surface area contributed by atoms with Crippen LogP contribution >= 0.6 is 0 Å². The zero-order chi connectivity index (χ0) is 19.6. The van der Waals surface area contributed by atoms with Gasteiger partial charge in [0, 0.05) is 30.8 Å². The molecule has 144 valence electrons. The molecule has 0 fully saturated rings. The summed E-state index contributed by atoms with van der Waals surface area (Å²) in [7, 11) is 0. The zero-order valence-electron chi connectivity index (χ0n) is 15.5. The molecule has 2 aromatic rings. The molecule has 0 aliphatic carbocycles. The number of rotatable bonds is 7. The smallest absolute Gasteiger partial charge is 0.251 e. The Morgan fingerprint density at radius 2 is 1.74 bits per heavy atom. The Hall–Kier alpha value is -2.96. The van der Waals surface area contributed by atoms with E-state index in [0.717, 1.165) is 0 Å². The highest BCUT2D eigenvalue weighted by Crippen LogP contribution is 2.09. The number of aryl methyl sites for hydroxylation is 1. The van der Waals surface area contributed by atoms with E-state index >= 15 is 0 Å². The van der Waals surface area contributed by atoms with Gasteiger partial charge in [-0.25, -0.2) is 13.8 Å². The van der Waals surface area contributed by atoms with Gasteiger partial charge in [-0.2, -0.15) is 0 Å². The zero-order valence-corrected chi connectivity index (χ0v) is 15.5. The number of aliphatic imine (C=N–C) groups is 1. The first-order chi connectivity index (χ1) is 13.0. The van der Waals surface area contributed by atoms with Crippen LogP contribution in [-0.2, 0) is 6.54 Å². The second-order valence-corrected chi connectivity index (χ2v) is 5.93. The average Bonchev–Trinajstić information content (AvgIpc) is 2.66. The number of carbonyl (C=O) groups excluding carboxylic acids is 1. The molecule has 7 heteroatoms. The van der Waals surface area contributed by atoms with Crippen molar-refractivity contribution in [1.82, 2.24) is 16.0 Å². The Kier molecular flexibility index (Phi) is 7.73. The van der Waals surface area contributed by atoms with Gasteiger partial charge in [0.15, 0.2) is 5.96 Å². The molecule has 0 unspecified atom stereocenters. The Morgan fingerprint density at radius 3 is 2.44 bits per heavy atom. The minimum absolute atomic E-state index is 0.205. The molecule has 0 heterocycles. The highest BCUT2D eigenvalue weighted by atomic mass is 19.1. The van der Waals surface area contributed by atoms with Gasteiger partial charge in [-0.15, -0.1) is 0 Å². The number of amides is 1. The van der Waals surface area contributed by atoms with E-state index in [0.29, 0.717) is 36.7 Å². The molecule has 0 aliphatic heterocycles. The van der Waals surface area contributed by atoms with Crippen LogP contribution in [0.5, 0.6) is 0 Å². The lowest BCUT2D eigenvalue weighted by atomic mass is 10.1. The first-order valence-corrected chi connectivity index (χ1v) is 8.81. The van der Waals surface area contributed by atoms with Crippen LogP contribution in [0.25, 0.3) is 0 Å². The summed E-state index contributed by atoms with van der Waals surface area (Å²) in [4.78, 5) is 16.4. The molecule has 27 heavy (non-hydrogen) atoms. The quantitative estimate of drug-likeness (QED) is 0.397. The third-order valence-electron chi connectivity index (χ3n) is 3.85. The number of hydrogen-bond acceptors (Lipinski definition) is 2. The third kappa shape index (κ3) is 6.36.